The molecule has 1 aliphatic heterocycles. The minimum atomic E-state index is -0.743. The second-order valence-corrected chi connectivity index (χ2v) is 15.3. The maximum atomic E-state index is 14.2. The largest absolute Gasteiger partial charge is 0.399 e. The number of methoxy groups -OCH3 is 2. The SMILES string of the molecule is CC[C@H](C)[C@@H]([C@@H](CC(=O)N1CCC[C@H]1[C@H](OC)[C@@H](C)C(=O)NCCc1cccc(N)c1)OC)N(C)C(=O)[C@@H](NC(=O)[C@H](C(C)C)N(C)C)C(C)C. The standard InChI is InChI=1S/C39H68N6O6/c1-13-26(6)35(44(10)39(49)33(24(2)3)42-38(48)34(25(4)5)43(8)9)31(50-11)23-32(46)45-21-15-18-30(45)36(51-12)27(7)37(47)41-20-19-28-16-14-17-29(40)22-28/h14,16-17,22,24-27,30-31,33-36H,13,15,18-21,23,40H2,1-12H3,(H,41,47)(H,42,48)/t26-,27+,30-,31+,33-,34-,35-,36+/m0/s1. The van der Waals surface area contributed by atoms with E-state index < -0.39 is 30.2 Å². The van der Waals surface area contributed by atoms with Gasteiger partial charge in [0.25, 0.3) is 0 Å². The zero-order valence-corrected chi connectivity index (χ0v) is 33.4. The van der Waals surface area contributed by atoms with Gasteiger partial charge in [-0.2, -0.15) is 0 Å². The average Bonchev–Trinajstić information content (AvgIpc) is 3.55. The number of hydrogen-bond acceptors (Lipinski definition) is 8. The Labute approximate surface area is 307 Å². The van der Waals surface area contributed by atoms with Crippen molar-refractivity contribution in [3.05, 3.63) is 29.8 Å². The van der Waals surface area contributed by atoms with Crippen molar-refractivity contribution in [3.8, 4) is 0 Å². The number of ether oxygens (including phenoxy) is 2. The van der Waals surface area contributed by atoms with Gasteiger partial charge in [0.05, 0.1) is 42.7 Å². The minimum Gasteiger partial charge on any atom is -0.399 e. The van der Waals surface area contributed by atoms with Gasteiger partial charge in [-0.3, -0.25) is 24.1 Å². The maximum Gasteiger partial charge on any atom is 0.245 e. The molecular weight excluding hydrogens is 648 g/mol. The van der Waals surface area contributed by atoms with Crippen molar-refractivity contribution in [2.24, 2.45) is 23.7 Å². The molecule has 0 spiro atoms. The molecule has 0 saturated carbocycles. The lowest BCUT2D eigenvalue weighted by Gasteiger charge is -2.41. The van der Waals surface area contributed by atoms with Crippen LogP contribution in [0.3, 0.4) is 0 Å². The summed E-state index contributed by atoms with van der Waals surface area (Å²) in [6.45, 7) is 14.8. The molecule has 1 fully saturated rings. The summed E-state index contributed by atoms with van der Waals surface area (Å²) in [5, 5.41) is 6.07. The molecule has 1 saturated heterocycles. The van der Waals surface area contributed by atoms with Gasteiger partial charge in [-0.05, 0) is 68.8 Å². The van der Waals surface area contributed by atoms with Crippen LogP contribution < -0.4 is 16.4 Å². The number of carbonyl (C=O) groups excluding carboxylic acids is 4. The molecule has 12 heteroatoms. The van der Waals surface area contributed by atoms with Gasteiger partial charge in [-0.25, -0.2) is 0 Å². The fourth-order valence-corrected chi connectivity index (χ4v) is 7.65. The summed E-state index contributed by atoms with van der Waals surface area (Å²) in [7, 11) is 8.64. The van der Waals surface area contributed by atoms with Crippen LogP contribution in [-0.4, -0.2) is 123 Å². The van der Waals surface area contributed by atoms with Crippen molar-refractivity contribution in [2.75, 3.05) is 54.2 Å². The van der Waals surface area contributed by atoms with Crippen LogP contribution in [-0.2, 0) is 35.1 Å². The minimum absolute atomic E-state index is 0.00236. The van der Waals surface area contributed by atoms with Gasteiger partial charge in [-0.15, -0.1) is 0 Å². The fraction of sp³-hybridized carbons (Fsp3) is 0.744. The number of nitrogens with zero attached hydrogens (tertiary/aromatic N) is 3. The molecule has 0 bridgehead atoms. The van der Waals surface area contributed by atoms with Gasteiger partial charge in [0.1, 0.15) is 6.04 Å². The Hall–Kier alpha value is -3.22. The van der Waals surface area contributed by atoms with E-state index in [-0.39, 0.29) is 59.9 Å². The number of benzene rings is 1. The number of nitrogen functional groups attached to an aromatic ring is 1. The molecule has 290 valence electrons. The van der Waals surface area contributed by atoms with Crippen LogP contribution in [0, 0.1) is 23.7 Å². The lowest BCUT2D eigenvalue weighted by atomic mass is 9.89. The van der Waals surface area contributed by atoms with Crippen molar-refractivity contribution < 1.29 is 28.7 Å². The number of anilines is 1. The van der Waals surface area contributed by atoms with E-state index in [1.165, 1.54) is 0 Å². The quantitative estimate of drug-likeness (QED) is 0.174. The molecule has 1 aromatic carbocycles. The summed E-state index contributed by atoms with van der Waals surface area (Å²) in [5.41, 5.74) is 7.63. The van der Waals surface area contributed by atoms with Crippen LogP contribution in [0.4, 0.5) is 5.69 Å². The number of rotatable bonds is 20. The van der Waals surface area contributed by atoms with Gasteiger partial charge in [-0.1, -0.05) is 67.0 Å². The van der Waals surface area contributed by atoms with Gasteiger partial charge in [0.15, 0.2) is 0 Å². The predicted molar refractivity (Wildman–Crippen MR) is 203 cm³/mol. The molecule has 2 rings (SSSR count). The van der Waals surface area contributed by atoms with Gasteiger partial charge in [0.2, 0.25) is 23.6 Å². The molecular formula is C39H68N6O6. The molecule has 4 amide bonds. The van der Waals surface area contributed by atoms with Gasteiger partial charge < -0.3 is 35.6 Å². The fourth-order valence-electron chi connectivity index (χ4n) is 7.65. The van der Waals surface area contributed by atoms with Gasteiger partial charge in [0, 0.05) is 40.0 Å². The van der Waals surface area contributed by atoms with E-state index in [0.29, 0.717) is 25.2 Å². The first-order valence-electron chi connectivity index (χ1n) is 18.7. The highest BCUT2D eigenvalue weighted by atomic mass is 16.5. The Kier molecular flexibility index (Phi) is 17.9. The molecule has 0 aromatic heterocycles. The summed E-state index contributed by atoms with van der Waals surface area (Å²) in [6.07, 6.45) is 1.90. The van der Waals surface area contributed by atoms with Gasteiger partial charge >= 0.3 is 0 Å². The molecule has 1 aromatic rings. The third-order valence-electron chi connectivity index (χ3n) is 10.6. The van der Waals surface area contributed by atoms with Crippen LogP contribution in [0.15, 0.2) is 24.3 Å². The highest BCUT2D eigenvalue weighted by Gasteiger charge is 2.43. The van der Waals surface area contributed by atoms with Crippen LogP contribution in [0.25, 0.3) is 0 Å². The van der Waals surface area contributed by atoms with E-state index in [1.807, 2.05) is 82.8 Å². The van der Waals surface area contributed by atoms with Crippen molar-refractivity contribution in [2.45, 2.75) is 117 Å². The van der Waals surface area contributed by atoms with Crippen molar-refractivity contribution in [3.63, 3.8) is 0 Å². The second kappa shape index (κ2) is 20.7. The Morgan fingerprint density at radius 1 is 0.980 bits per heavy atom. The summed E-state index contributed by atoms with van der Waals surface area (Å²) < 4.78 is 11.9. The summed E-state index contributed by atoms with van der Waals surface area (Å²) in [4.78, 5) is 60.3. The second-order valence-electron chi connectivity index (χ2n) is 15.3. The average molecular weight is 717 g/mol. The first kappa shape index (κ1) is 43.9. The Morgan fingerprint density at radius 2 is 1.65 bits per heavy atom. The smallest absolute Gasteiger partial charge is 0.245 e. The molecule has 8 atom stereocenters. The molecule has 51 heavy (non-hydrogen) atoms. The predicted octanol–water partition coefficient (Wildman–Crippen LogP) is 3.57. The number of likely N-dealkylation sites (tertiary alicyclic amines) is 1. The maximum absolute atomic E-state index is 14.2. The molecule has 1 heterocycles. The third-order valence-corrected chi connectivity index (χ3v) is 10.6. The van der Waals surface area contributed by atoms with E-state index in [2.05, 4.69) is 24.5 Å². The Morgan fingerprint density at radius 3 is 2.18 bits per heavy atom. The number of carbonyl (C=O) groups is 4. The van der Waals surface area contributed by atoms with Crippen LogP contribution >= 0.6 is 0 Å². The highest BCUT2D eigenvalue weighted by Crippen LogP contribution is 2.29. The summed E-state index contributed by atoms with van der Waals surface area (Å²) in [5.74, 6) is -1.23. The monoisotopic (exact) mass is 717 g/mol. The van der Waals surface area contributed by atoms with Crippen LogP contribution in [0.2, 0.25) is 0 Å². The van der Waals surface area contributed by atoms with Crippen LogP contribution in [0.5, 0.6) is 0 Å². The summed E-state index contributed by atoms with van der Waals surface area (Å²) >= 11 is 0. The van der Waals surface area contributed by atoms with Crippen LogP contribution in [0.1, 0.15) is 79.7 Å². The Bertz CT molecular complexity index is 1270. The Balaban J connectivity index is 2.21. The molecule has 0 radical (unpaired) electrons. The number of amides is 4. The molecule has 4 N–H and O–H groups in total. The zero-order valence-electron chi connectivity index (χ0n) is 33.4. The first-order chi connectivity index (χ1) is 24.0. The van der Waals surface area contributed by atoms with Crippen molar-refractivity contribution in [1.29, 1.82) is 0 Å². The molecule has 0 aliphatic carbocycles. The normalized spacial score (nSPS) is 19.0. The topological polar surface area (TPSA) is 147 Å². The lowest BCUT2D eigenvalue weighted by molar-refractivity contribution is -0.148. The van der Waals surface area contributed by atoms with E-state index in [4.69, 9.17) is 15.2 Å². The number of likely N-dealkylation sites (N-methyl/N-ethyl adjacent to an activating group) is 2. The molecule has 0 unspecified atom stereocenters. The first-order valence-corrected chi connectivity index (χ1v) is 18.7. The lowest BCUT2D eigenvalue weighted by Crippen LogP contribution is -2.59. The number of hydrogen-bond donors (Lipinski definition) is 3. The highest BCUT2D eigenvalue weighted by molar-refractivity contribution is 5.90. The van der Waals surface area contributed by atoms with Crippen molar-refractivity contribution in [1.82, 2.24) is 25.3 Å². The number of nitrogens with two attached hydrogens (primary N) is 1. The van der Waals surface area contributed by atoms with E-state index in [1.54, 1.807) is 26.2 Å². The number of nitrogens with one attached hydrogen (secondary N) is 2. The summed E-state index contributed by atoms with van der Waals surface area (Å²) in [6, 6.07) is 5.78. The van der Waals surface area contributed by atoms with E-state index in [0.717, 1.165) is 24.8 Å². The molecule has 1 aliphatic rings. The van der Waals surface area contributed by atoms with Crippen molar-refractivity contribution >= 4 is 29.3 Å². The van der Waals surface area contributed by atoms with E-state index >= 15 is 0 Å². The van der Waals surface area contributed by atoms with E-state index in [9.17, 15) is 19.2 Å². The molecule has 12 nitrogen and oxygen atoms in total. The third kappa shape index (κ3) is 11.9. The zero-order chi connectivity index (χ0) is 38.6.